The Bertz CT molecular complexity index is 823. The molecule has 2 aromatic heterocycles. The lowest BCUT2D eigenvalue weighted by Crippen LogP contribution is -2.29. The minimum Gasteiger partial charge on any atom is -0.467 e. The van der Waals surface area contributed by atoms with Crippen molar-refractivity contribution < 1.29 is 9.21 Å². The number of thiazole rings is 1. The van der Waals surface area contributed by atoms with Crippen molar-refractivity contribution in [2.24, 2.45) is 5.92 Å². The van der Waals surface area contributed by atoms with Crippen LogP contribution < -0.4 is 5.32 Å². The van der Waals surface area contributed by atoms with Gasteiger partial charge in [-0.15, -0.1) is 11.3 Å². The number of nitrogens with zero attached hydrogens (tertiary/aromatic N) is 1. The molecular weight excluding hydrogens is 332 g/mol. The Morgan fingerprint density at radius 3 is 2.60 bits per heavy atom. The highest BCUT2D eigenvalue weighted by atomic mass is 32.1. The van der Waals surface area contributed by atoms with Crippen LogP contribution in [0.25, 0.3) is 0 Å². The summed E-state index contributed by atoms with van der Waals surface area (Å²) in [6.07, 6.45) is 2.51. The van der Waals surface area contributed by atoms with Crippen LogP contribution in [0.4, 0.5) is 0 Å². The van der Waals surface area contributed by atoms with Crippen LogP contribution in [-0.4, -0.2) is 10.9 Å². The summed E-state index contributed by atoms with van der Waals surface area (Å²) in [6, 6.07) is 13.2. The fourth-order valence-electron chi connectivity index (χ4n) is 2.72. The third-order valence-electron chi connectivity index (χ3n) is 3.87. The average Bonchev–Trinajstić information content (AvgIpc) is 3.22. The lowest BCUT2D eigenvalue weighted by atomic mass is 10.0. The molecule has 3 aromatic rings. The second-order valence-electron chi connectivity index (χ2n) is 6.45. The molecule has 0 bridgehead atoms. The number of furan rings is 1. The van der Waals surface area contributed by atoms with Crippen molar-refractivity contribution in [1.82, 2.24) is 10.3 Å². The zero-order valence-electron chi connectivity index (χ0n) is 14.7. The molecule has 0 spiro atoms. The molecule has 0 radical (unpaired) electrons. The van der Waals surface area contributed by atoms with Crippen LogP contribution in [0.1, 0.15) is 51.6 Å². The summed E-state index contributed by atoms with van der Waals surface area (Å²) in [5.74, 6) is 1.11. The second-order valence-corrected chi connectivity index (χ2v) is 7.54. The van der Waals surface area contributed by atoms with Gasteiger partial charge in [-0.2, -0.15) is 0 Å². The maximum Gasteiger partial charge on any atom is 0.264 e. The topological polar surface area (TPSA) is 55.1 Å². The molecule has 1 N–H and O–H groups in total. The van der Waals surface area contributed by atoms with Crippen molar-refractivity contribution in [3.8, 4) is 0 Å². The van der Waals surface area contributed by atoms with E-state index in [9.17, 15) is 4.79 Å². The number of nitrogens with one attached hydrogen (secondary N) is 1. The highest BCUT2D eigenvalue weighted by Gasteiger charge is 2.23. The van der Waals surface area contributed by atoms with E-state index in [0.29, 0.717) is 16.6 Å². The van der Waals surface area contributed by atoms with Crippen molar-refractivity contribution in [3.63, 3.8) is 0 Å². The minimum absolute atomic E-state index is 0.116. The van der Waals surface area contributed by atoms with E-state index in [-0.39, 0.29) is 11.9 Å². The molecule has 0 aliphatic rings. The molecule has 1 aromatic carbocycles. The van der Waals surface area contributed by atoms with Gasteiger partial charge in [-0.25, -0.2) is 4.98 Å². The molecule has 5 heteroatoms. The minimum atomic E-state index is -0.321. The van der Waals surface area contributed by atoms with E-state index in [4.69, 9.17) is 4.42 Å². The number of rotatable bonds is 6. The van der Waals surface area contributed by atoms with E-state index in [1.54, 1.807) is 6.26 Å². The van der Waals surface area contributed by atoms with Gasteiger partial charge < -0.3 is 9.73 Å². The van der Waals surface area contributed by atoms with Gasteiger partial charge in [-0.05, 0) is 30.5 Å². The quantitative estimate of drug-likeness (QED) is 0.694. The molecule has 0 fully saturated rings. The maximum atomic E-state index is 12.9. The number of carbonyl (C=O) groups excluding carboxylic acids is 1. The van der Waals surface area contributed by atoms with Crippen LogP contribution in [0.3, 0.4) is 0 Å². The molecule has 0 aliphatic carbocycles. The molecule has 25 heavy (non-hydrogen) atoms. The fraction of sp³-hybridized carbons (Fsp3) is 0.300. The first kappa shape index (κ1) is 17.4. The Morgan fingerprint density at radius 1 is 1.20 bits per heavy atom. The lowest BCUT2D eigenvalue weighted by molar-refractivity contribution is 0.0942. The Kier molecular flexibility index (Phi) is 5.34. The van der Waals surface area contributed by atoms with Crippen LogP contribution in [0, 0.1) is 12.8 Å². The van der Waals surface area contributed by atoms with Gasteiger partial charge in [0, 0.05) is 6.42 Å². The predicted molar refractivity (Wildman–Crippen MR) is 99.9 cm³/mol. The lowest BCUT2D eigenvalue weighted by Gasteiger charge is -2.16. The van der Waals surface area contributed by atoms with E-state index in [1.807, 2.05) is 49.4 Å². The Hall–Kier alpha value is -2.40. The third-order valence-corrected chi connectivity index (χ3v) is 5.04. The zero-order chi connectivity index (χ0) is 17.8. The molecule has 4 nitrogen and oxygen atoms in total. The number of hydrogen-bond donors (Lipinski definition) is 1. The van der Waals surface area contributed by atoms with Crippen molar-refractivity contribution in [3.05, 3.63) is 75.6 Å². The zero-order valence-corrected chi connectivity index (χ0v) is 15.5. The highest BCUT2D eigenvalue weighted by molar-refractivity contribution is 7.13. The summed E-state index contributed by atoms with van der Waals surface area (Å²) < 4.78 is 5.55. The largest absolute Gasteiger partial charge is 0.467 e. The maximum absolute atomic E-state index is 12.9. The Morgan fingerprint density at radius 2 is 1.96 bits per heavy atom. The molecule has 130 valence electrons. The molecular formula is C20H22N2O2S. The number of benzene rings is 1. The monoisotopic (exact) mass is 354 g/mol. The first-order valence-corrected chi connectivity index (χ1v) is 9.21. The number of aryl methyl sites for hydroxylation is 1. The van der Waals surface area contributed by atoms with Gasteiger partial charge in [0.25, 0.3) is 5.91 Å². The van der Waals surface area contributed by atoms with Crippen molar-refractivity contribution in [2.45, 2.75) is 33.2 Å². The summed E-state index contributed by atoms with van der Waals surface area (Å²) >= 11 is 1.48. The molecule has 1 atom stereocenters. The fourth-order valence-corrected chi connectivity index (χ4v) is 3.90. The highest BCUT2D eigenvalue weighted by Crippen LogP contribution is 2.25. The molecule has 2 heterocycles. The van der Waals surface area contributed by atoms with Crippen LogP contribution in [0.15, 0.2) is 53.1 Å². The van der Waals surface area contributed by atoms with E-state index in [0.717, 1.165) is 22.7 Å². The number of amides is 1. The first-order valence-electron chi connectivity index (χ1n) is 8.40. The van der Waals surface area contributed by atoms with Crippen molar-refractivity contribution >= 4 is 17.2 Å². The van der Waals surface area contributed by atoms with Gasteiger partial charge in [0.1, 0.15) is 16.7 Å². The molecule has 1 amide bonds. The first-order chi connectivity index (χ1) is 12.0. The van der Waals surface area contributed by atoms with E-state index < -0.39 is 0 Å². The van der Waals surface area contributed by atoms with Crippen LogP contribution in [-0.2, 0) is 6.42 Å². The number of hydrogen-bond acceptors (Lipinski definition) is 4. The van der Waals surface area contributed by atoms with Gasteiger partial charge in [0.05, 0.1) is 17.0 Å². The summed E-state index contributed by atoms with van der Waals surface area (Å²) in [4.78, 5) is 18.1. The Labute approximate surface area is 151 Å². The third kappa shape index (κ3) is 4.17. The van der Waals surface area contributed by atoms with E-state index in [2.05, 4.69) is 24.1 Å². The van der Waals surface area contributed by atoms with E-state index in [1.165, 1.54) is 11.3 Å². The number of aromatic nitrogens is 1. The Balaban J connectivity index is 1.85. The van der Waals surface area contributed by atoms with Crippen LogP contribution >= 0.6 is 11.3 Å². The molecule has 0 aliphatic heterocycles. The smallest absolute Gasteiger partial charge is 0.264 e. The average molecular weight is 354 g/mol. The van der Waals surface area contributed by atoms with E-state index >= 15 is 0 Å². The molecule has 0 saturated carbocycles. The summed E-state index contributed by atoms with van der Waals surface area (Å²) in [7, 11) is 0. The molecule has 3 rings (SSSR count). The SMILES string of the molecule is Cc1nc(CC(C)C)sc1C(=O)NC(c1ccccc1)c1ccco1. The van der Waals surface area contributed by atoms with Gasteiger partial charge in [0.15, 0.2) is 0 Å². The second kappa shape index (κ2) is 7.66. The van der Waals surface area contributed by atoms with Gasteiger partial charge in [0.2, 0.25) is 0 Å². The standard InChI is InChI=1S/C20H22N2O2S/c1-13(2)12-17-21-14(3)19(25-17)20(23)22-18(16-10-7-11-24-16)15-8-5-4-6-9-15/h4-11,13,18H,12H2,1-3H3,(H,22,23). The molecule has 1 unspecified atom stereocenters. The predicted octanol–water partition coefficient (Wildman–Crippen LogP) is 4.76. The normalized spacial score (nSPS) is 12.3. The van der Waals surface area contributed by atoms with Gasteiger partial charge >= 0.3 is 0 Å². The van der Waals surface area contributed by atoms with Crippen LogP contribution in [0.5, 0.6) is 0 Å². The molecule has 0 saturated heterocycles. The van der Waals surface area contributed by atoms with Crippen LogP contribution in [0.2, 0.25) is 0 Å². The van der Waals surface area contributed by atoms with Gasteiger partial charge in [-0.3, -0.25) is 4.79 Å². The summed E-state index contributed by atoms with van der Waals surface area (Å²) in [5.41, 5.74) is 1.76. The van der Waals surface area contributed by atoms with Crippen molar-refractivity contribution in [1.29, 1.82) is 0 Å². The summed E-state index contributed by atoms with van der Waals surface area (Å²) in [5, 5.41) is 4.10. The number of carbonyl (C=O) groups is 1. The summed E-state index contributed by atoms with van der Waals surface area (Å²) in [6.45, 7) is 6.19. The van der Waals surface area contributed by atoms with Gasteiger partial charge in [-0.1, -0.05) is 44.2 Å². The van der Waals surface area contributed by atoms with Crippen molar-refractivity contribution in [2.75, 3.05) is 0 Å².